The number of amides is 3. The molecule has 3 atom stereocenters. The molecule has 1 aromatic rings. The molecule has 3 amide bonds. The summed E-state index contributed by atoms with van der Waals surface area (Å²) in [6, 6.07) is 6.61. The van der Waals surface area contributed by atoms with E-state index < -0.39 is 11.6 Å². The molecule has 1 saturated carbocycles. The van der Waals surface area contributed by atoms with Gasteiger partial charge >= 0.3 is 6.03 Å². The molecule has 1 aliphatic heterocycles. The zero-order valence-electron chi connectivity index (χ0n) is 16.2. The second-order valence-corrected chi connectivity index (χ2v) is 8.39. The van der Waals surface area contributed by atoms with Crippen molar-refractivity contribution in [3.05, 3.63) is 41.5 Å². The Balaban J connectivity index is 1.55. The van der Waals surface area contributed by atoms with Crippen LogP contribution in [0.25, 0.3) is 0 Å². The first kappa shape index (κ1) is 17.8. The number of nitrogens with zero attached hydrogens (tertiary/aromatic N) is 2. The van der Waals surface area contributed by atoms with Crippen molar-refractivity contribution in [3.8, 4) is 5.75 Å². The lowest BCUT2D eigenvalue weighted by molar-refractivity contribution is -0.131. The maximum Gasteiger partial charge on any atom is 0.346 e. The summed E-state index contributed by atoms with van der Waals surface area (Å²) in [5.41, 5.74) is 0.952. The third-order valence-electron chi connectivity index (χ3n) is 6.67. The number of methoxy groups -OCH3 is 1. The van der Waals surface area contributed by atoms with Gasteiger partial charge in [0.2, 0.25) is 0 Å². The monoisotopic (exact) mass is 367 g/mol. The number of allylic oxidation sites excluding steroid dienone is 2. The predicted octanol–water partition coefficient (Wildman–Crippen LogP) is 3.44. The SMILES string of the molecule is COc1ccc(C2(C)NC(=O)N(/N=C/C3=CCC4CC3C4(C)C)C2=O)cc1. The molecule has 142 valence electrons. The molecule has 1 N–H and O–H groups in total. The fourth-order valence-corrected chi connectivity index (χ4v) is 4.52. The Kier molecular flexibility index (Phi) is 3.91. The van der Waals surface area contributed by atoms with Crippen LogP contribution in [0, 0.1) is 17.3 Å². The number of ether oxygens (including phenoxy) is 1. The Morgan fingerprint density at radius 1 is 1.22 bits per heavy atom. The molecule has 1 saturated heterocycles. The van der Waals surface area contributed by atoms with E-state index in [-0.39, 0.29) is 11.3 Å². The highest BCUT2D eigenvalue weighted by Gasteiger charge is 2.52. The van der Waals surface area contributed by atoms with Gasteiger partial charge in [0.1, 0.15) is 11.3 Å². The van der Waals surface area contributed by atoms with Gasteiger partial charge in [-0.15, -0.1) is 5.01 Å². The van der Waals surface area contributed by atoms with Gasteiger partial charge in [-0.3, -0.25) is 4.79 Å². The maximum absolute atomic E-state index is 13.0. The molecule has 6 nitrogen and oxygen atoms in total. The molecule has 2 bridgehead atoms. The molecule has 0 radical (unpaired) electrons. The number of imide groups is 1. The van der Waals surface area contributed by atoms with Gasteiger partial charge in [0.25, 0.3) is 5.91 Å². The largest absolute Gasteiger partial charge is 0.497 e. The van der Waals surface area contributed by atoms with E-state index in [1.54, 1.807) is 44.5 Å². The summed E-state index contributed by atoms with van der Waals surface area (Å²) in [6.07, 6.45) is 6.08. The van der Waals surface area contributed by atoms with Gasteiger partial charge in [-0.1, -0.05) is 32.1 Å². The summed E-state index contributed by atoms with van der Waals surface area (Å²) >= 11 is 0. The first-order valence-electron chi connectivity index (χ1n) is 9.32. The van der Waals surface area contributed by atoms with E-state index in [4.69, 9.17) is 4.74 Å². The number of rotatable bonds is 4. The lowest BCUT2D eigenvalue weighted by Crippen LogP contribution is -2.48. The van der Waals surface area contributed by atoms with Crippen LogP contribution < -0.4 is 10.1 Å². The summed E-state index contributed by atoms with van der Waals surface area (Å²) in [5.74, 6) is 1.50. The second kappa shape index (κ2) is 5.94. The van der Waals surface area contributed by atoms with Gasteiger partial charge in [0.15, 0.2) is 0 Å². The molecule has 3 aliphatic carbocycles. The average molecular weight is 367 g/mol. The topological polar surface area (TPSA) is 71.0 Å². The predicted molar refractivity (Wildman–Crippen MR) is 102 cm³/mol. The Morgan fingerprint density at radius 3 is 2.52 bits per heavy atom. The lowest BCUT2D eigenvalue weighted by atomic mass is 9.49. The number of nitrogens with one attached hydrogen (secondary N) is 1. The second-order valence-electron chi connectivity index (χ2n) is 8.39. The molecule has 5 rings (SSSR count). The van der Waals surface area contributed by atoms with Crippen LogP contribution in [0.3, 0.4) is 0 Å². The number of hydrogen-bond donors (Lipinski definition) is 1. The van der Waals surface area contributed by atoms with E-state index in [1.807, 2.05) is 0 Å². The quantitative estimate of drug-likeness (QED) is 0.655. The van der Waals surface area contributed by atoms with E-state index in [9.17, 15) is 9.59 Å². The van der Waals surface area contributed by atoms with E-state index in [1.165, 1.54) is 0 Å². The van der Waals surface area contributed by atoms with Crippen LogP contribution in [0.1, 0.15) is 39.2 Å². The average Bonchev–Trinajstić information content (AvgIpc) is 2.89. The van der Waals surface area contributed by atoms with Crippen molar-refractivity contribution in [3.63, 3.8) is 0 Å². The van der Waals surface area contributed by atoms with Crippen LogP contribution in [0.2, 0.25) is 0 Å². The standard InChI is InChI=1S/C21H25N3O3/c1-20(2)15-6-5-13(17(20)11-15)12-22-24-18(25)21(3,23-19(24)26)14-7-9-16(27-4)10-8-14/h5,7-10,12,15,17H,6,11H2,1-4H3,(H,23,26)/b22-12+. The molecular formula is C21H25N3O3. The van der Waals surface area contributed by atoms with Crippen LogP contribution in [0.4, 0.5) is 4.79 Å². The fraction of sp³-hybridized carbons (Fsp3) is 0.476. The van der Waals surface area contributed by atoms with Gasteiger partial charge in [-0.05, 0) is 60.3 Å². The molecule has 2 fully saturated rings. The molecule has 0 aromatic heterocycles. The minimum absolute atomic E-state index is 0.269. The normalized spacial score (nSPS) is 31.6. The highest BCUT2D eigenvalue weighted by atomic mass is 16.5. The highest BCUT2D eigenvalue weighted by molar-refractivity contribution is 6.07. The van der Waals surface area contributed by atoms with Crippen molar-refractivity contribution in [2.24, 2.45) is 22.4 Å². The smallest absolute Gasteiger partial charge is 0.346 e. The van der Waals surface area contributed by atoms with Gasteiger partial charge in [-0.2, -0.15) is 5.10 Å². The van der Waals surface area contributed by atoms with Gasteiger partial charge in [0.05, 0.1) is 13.3 Å². The van der Waals surface area contributed by atoms with Crippen molar-refractivity contribution >= 4 is 18.2 Å². The molecular weight excluding hydrogens is 342 g/mol. The molecule has 3 unspecified atom stereocenters. The molecule has 6 heteroatoms. The van der Waals surface area contributed by atoms with Gasteiger partial charge < -0.3 is 10.1 Å². The Morgan fingerprint density at radius 2 is 1.93 bits per heavy atom. The van der Waals surface area contributed by atoms with Crippen molar-refractivity contribution in [1.82, 2.24) is 10.3 Å². The Labute approximate surface area is 159 Å². The van der Waals surface area contributed by atoms with Crippen LogP contribution in [0.5, 0.6) is 5.75 Å². The molecule has 1 aromatic carbocycles. The lowest BCUT2D eigenvalue weighted by Gasteiger charge is -2.55. The summed E-state index contributed by atoms with van der Waals surface area (Å²) in [5, 5.41) is 7.98. The van der Waals surface area contributed by atoms with Crippen LogP contribution >= 0.6 is 0 Å². The first-order chi connectivity index (χ1) is 12.8. The minimum atomic E-state index is -1.14. The van der Waals surface area contributed by atoms with Crippen molar-refractivity contribution in [1.29, 1.82) is 0 Å². The fourth-order valence-electron chi connectivity index (χ4n) is 4.52. The van der Waals surface area contributed by atoms with E-state index in [2.05, 4.69) is 30.3 Å². The van der Waals surface area contributed by atoms with Gasteiger partial charge in [-0.25, -0.2) is 4.79 Å². The van der Waals surface area contributed by atoms with Gasteiger partial charge in [0, 0.05) is 0 Å². The van der Waals surface area contributed by atoms with Crippen molar-refractivity contribution in [2.45, 2.75) is 39.2 Å². The zero-order chi connectivity index (χ0) is 19.4. The number of benzene rings is 1. The third kappa shape index (κ3) is 2.58. The molecule has 4 aliphatic rings. The van der Waals surface area contributed by atoms with Crippen LogP contribution in [0.15, 0.2) is 41.0 Å². The third-order valence-corrected chi connectivity index (χ3v) is 6.67. The Hall–Kier alpha value is -2.63. The summed E-state index contributed by atoms with van der Waals surface area (Å²) in [7, 11) is 1.58. The summed E-state index contributed by atoms with van der Waals surface area (Å²) in [6.45, 7) is 6.26. The summed E-state index contributed by atoms with van der Waals surface area (Å²) < 4.78 is 5.16. The number of carbonyl (C=O) groups excluding carboxylic acids is 2. The van der Waals surface area contributed by atoms with E-state index in [0.717, 1.165) is 29.3 Å². The molecule has 0 spiro atoms. The molecule has 27 heavy (non-hydrogen) atoms. The maximum atomic E-state index is 13.0. The summed E-state index contributed by atoms with van der Waals surface area (Å²) in [4.78, 5) is 25.4. The van der Waals surface area contributed by atoms with Crippen molar-refractivity contribution < 1.29 is 14.3 Å². The number of fused-ring (bicyclic) bond motifs is 1. The minimum Gasteiger partial charge on any atom is -0.497 e. The number of hydrazone groups is 1. The van der Waals surface area contributed by atoms with E-state index in [0.29, 0.717) is 17.2 Å². The zero-order valence-corrected chi connectivity index (χ0v) is 16.2. The first-order valence-corrected chi connectivity index (χ1v) is 9.32. The van der Waals surface area contributed by atoms with E-state index >= 15 is 0 Å². The van der Waals surface area contributed by atoms with Crippen molar-refractivity contribution in [2.75, 3.05) is 7.11 Å². The number of carbonyl (C=O) groups is 2. The van der Waals surface area contributed by atoms with Crippen LogP contribution in [-0.2, 0) is 10.3 Å². The number of hydrogen-bond acceptors (Lipinski definition) is 4. The molecule has 1 heterocycles. The Bertz CT molecular complexity index is 856. The van der Waals surface area contributed by atoms with Crippen LogP contribution in [-0.4, -0.2) is 30.3 Å². The number of urea groups is 1. The highest BCUT2D eigenvalue weighted by Crippen LogP contribution is 2.58.